The number of nitrogens with zero attached hydrogens (tertiary/aromatic N) is 5. The van der Waals surface area contributed by atoms with Crippen molar-refractivity contribution in [2.24, 2.45) is 0 Å². The molecule has 170 valence electrons. The van der Waals surface area contributed by atoms with Crippen LogP contribution in [0.4, 0.5) is 11.6 Å². The predicted octanol–water partition coefficient (Wildman–Crippen LogP) is 4.42. The van der Waals surface area contributed by atoms with Crippen molar-refractivity contribution < 1.29 is 9.53 Å². The first-order chi connectivity index (χ1) is 16.6. The number of fused-ring (bicyclic) bond motifs is 1. The molecule has 0 bridgehead atoms. The lowest BCUT2D eigenvalue weighted by Gasteiger charge is -2.32. The van der Waals surface area contributed by atoms with Crippen molar-refractivity contribution in [1.82, 2.24) is 20.2 Å². The Labute approximate surface area is 201 Å². The third-order valence-corrected chi connectivity index (χ3v) is 5.78. The number of hydrogen-bond acceptors (Lipinski definition) is 6. The number of carbonyl (C=O) groups is 1. The number of amides is 1. The van der Waals surface area contributed by atoms with E-state index < -0.39 is 0 Å². The van der Waals surface area contributed by atoms with E-state index in [9.17, 15) is 4.79 Å². The Morgan fingerprint density at radius 3 is 2.62 bits per heavy atom. The molecule has 9 heteroatoms. The predicted molar refractivity (Wildman–Crippen MR) is 131 cm³/mol. The Morgan fingerprint density at radius 1 is 1.06 bits per heavy atom. The lowest BCUT2D eigenvalue weighted by atomic mass is 10.0. The van der Waals surface area contributed by atoms with Crippen LogP contribution in [0.1, 0.15) is 17.2 Å². The van der Waals surface area contributed by atoms with Crippen molar-refractivity contribution >= 4 is 34.8 Å². The van der Waals surface area contributed by atoms with E-state index in [4.69, 9.17) is 16.3 Å². The second-order valence-electron chi connectivity index (χ2n) is 7.70. The minimum atomic E-state index is -0.254. The van der Waals surface area contributed by atoms with E-state index >= 15 is 0 Å². The fourth-order valence-corrected chi connectivity index (χ4v) is 4.05. The summed E-state index contributed by atoms with van der Waals surface area (Å²) in [4.78, 5) is 14.9. The van der Waals surface area contributed by atoms with E-state index in [2.05, 4.69) is 26.9 Å². The summed E-state index contributed by atoms with van der Waals surface area (Å²) < 4.78 is 6.95. The molecule has 5 rings (SSSR count). The molecule has 0 unspecified atom stereocenters. The first-order valence-electron chi connectivity index (χ1n) is 10.6. The number of nitrogens with one attached hydrogen (secondary N) is 1. The third-order valence-electron chi connectivity index (χ3n) is 5.52. The molecule has 1 aromatic heterocycles. The van der Waals surface area contributed by atoms with Crippen molar-refractivity contribution in [2.75, 3.05) is 23.9 Å². The van der Waals surface area contributed by atoms with E-state index in [0.717, 1.165) is 16.8 Å². The average molecular weight is 473 g/mol. The maximum atomic E-state index is 13.1. The lowest BCUT2D eigenvalue weighted by molar-refractivity contribution is -0.114. The largest absolute Gasteiger partial charge is 0.497 e. The summed E-state index contributed by atoms with van der Waals surface area (Å²) in [5.74, 6) is 0.923. The molecule has 0 saturated carbocycles. The molecule has 0 saturated heterocycles. The minimum absolute atomic E-state index is 0.0195. The number of allylic oxidation sites excluding steroid dienone is 1. The van der Waals surface area contributed by atoms with Gasteiger partial charge in [-0.3, -0.25) is 9.69 Å². The fourth-order valence-electron chi connectivity index (χ4n) is 3.92. The minimum Gasteiger partial charge on any atom is -0.497 e. The van der Waals surface area contributed by atoms with Gasteiger partial charge in [0.1, 0.15) is 18.3 Å². The van der Waals surface area contributed by atoms with E-state index in [1.165, 1.54) is 0 Å². The summed E-state index contributed by atoms with van der Waals surface area (Å²) in [5, 5.41) is 16.0. The van der Waals surface area contributed by atoms with Gasteiger partial charge in [0, 0.05) is 16.8 Å². The zero-order chi connectivity index (χ0) is 23.5. The number of anilines is 2. The molecule has 0 fully saturated rings. The first-order valence-corrected chi connectivity index (χ1v) is 11.0. The number of tetrazole rings is 1. The highest BCUT2D eigenvalue weighted by Crippen LogP contribution is 2.36. The van der Waals surface area contributed by atoms with Gasteiger partial charge in [-0.2, -0.15) is 4.68 Å². The summed E-state index contributed by atoms with van der Waals surface area (Å²) in [6, 6.07) is 24.4. The van der Waals surface area contributed by atoms with Crippen LogP contribution >= 0.6 is 11.6 Å². The van der Waals surface area contributed by atoms with Crippen LogP contribution in [0.2, 0.25) is 5.02 Å². The van der Waals surface area contributed by atoms with Gasteiger partial charge in [0.15, 0.2) is 0 Å². The van der Waals surface area contributed by atoms with Gasteiger partial charge < -0.3 is 10.1 Å². The molecule has 3 aromatic carbocycles. The molecule has 2 heterocycles. The van der Waals surface area contributed by atoms with Gasteiger partial charge in [0.2, 0.25) is 5.91 Å². The van der Waals surface area contributed by atoms with E-state index in [1.807, 2.05) is 77.7 Å². The second kappa shape index (κ2) is 9.36. The van der Waals surface area contributed by atoms with Crippen molar-refractivity contribution in [3.05, 3.63) is 101 Å². The third kappa shape index (κ3) is 4.35. The van der Waals surface area contributed by atoms with Gasteiger partial charge in [0.05, 0.1) is 12.8 Å². The summed E-state index contributed by atoms with van der Waals surface area (Å²) in [6.07, 6.45) is 2.06. The number of benzene rings is 3. The first kappa shape index (κ1) is 21.7. The zero-order valence-electron chi connectivity index (χ0n) is 18.3. The average Bonchev–Trinajstić information content (AvgIpc) is 3.36. The van der Waals surface area contributed by atoms with E-state index in [-0.39, 0.29) is 18.5 Å². The molecule has 0 radical (unpaired) electrons. The maximum Gasteiger partial charge on any atom is 0.251 e. The highest BCUT2D eigenvalue weighted by molar-refractivity contribution is 6.30. The lowest BCUT2D eigenvalue weighted by Crippen LogP contribution is -2.37. The van der Waals surface area contributed by atoms with Crippen LogP contribution in [0, 0.1) is 0 Å². The number of ether oxygens (including phenoxy) is 1. The van der Waals surface area contributed by atoms with Crippen LogP contribution < -0.4 is 15.0 Å². The highest BCUT2D eigenvalue weighted by atomic mass is 35.5. The summed E-state index contributed by atoms with van der Waals surface area (Å²) >= 11 is 6.10. The van der Waals surface area contributed by atoms with Crippen LogP contribution in [0.3, 0.4) is 0 Å². The molecular formula is C25H21ClN6O2. The Morgan fingerprint density at radius 2 is 1.85 bits per heavy atom. The highest BCUT2D eigenvalue weighted by Gasteiger charge is 2.31. The quantitative estimate of drug-likeness (QED) is 0.447. The molecular weight excluding hydrogens is 452 g/mol. The Bertz CT molecular complexity index is 1340. The van der Waals surface area contributed by atoms with Crippen molar-refractivity contribution in [1.29, 1.82) is 0 Å². The van der Waals surface area contributed by atoms with Gasteiger partial charge in [-0.05, 0) is 51.9 Å². The number of aromatic nitrogens is 4. The Kier molecular flexibility index (Phi) is 5.97. The molecule has 1 aliphatic heterocycles. The van der Waals surface area contributed by atoms with E-state index in [1.54, 1.807) is 17.9 Å². The SMILES string of the molecule is COc1cccc(NC(=O)CN2C(c3ccccc3)=C[C@@H](c3ccc(Cl)cc3)n3nnnc32)c1. The van der Waals surface area contributed by atoms with Gasteiger partial charge >= 0.3 is 0 Å². The van der Waals surface area contributed by atoms with Crippen LogP contribution in [-0.4, -0.2) is 39.8 Å². The monoisotopic (exact) mass is 472 g/mol. The summed E-state index contributed by atoms with van der Waals surface area (Å²) in [6.45, 7) is 0.0195. The second-order valence-corrected chi connectivity index (χ2v) is 8.14. The molecule has 1 N–H and O–H groups in total. The molecule has 4 aromatic rings. The van der Waals surface area contributed by atoms with Gasteiger partial charge in [-0.25, -0.2) is 0 Å². The number of halogens is 1. The van der Waals surface area contributed by atoms with Gasteiger partial charge in [-0.1, -0.05) is 65.2 Å². The van der Waals surface area contributed by atoms with Crippen molar-refractivity contribution in [3.63, 3.8) is 0 Å². The summed E-state index contributed by atoms with van der Waals surface area (Å²) in [7, 11) is 1.59. The van der Waals surface area contributed by atoms with Crippen molar-refractivity contribution in [3.8, 4) is 5.75 Å². The number of rotatable bonds is 6. The number of methoxy groups -OCH3 is 1. The topological polar surface area (TPSA) is 85.2 Å². The summed E-state index contributed by atoms with van der Waals surface area (Å²) in [5.41, 5.74) is 3.41. The van der Waals surface area contributed by atoms with Crippen LogP contribution in [-0.2, 0) is 4.79 Å². The molecule has 1 amide bonds. The van der Waals surface area contributed by atoms with Crippen LogP contribution in [0.15, 0.2) is 84.9 Å². The van der Waals surface area contributed by atoms with Crippen LogP contribution in [0.5, 0.6) is 5.75 Å². The maximum absolute atomic E-state index is 13.1. The molecule has 0 spiro atoms. The zero-order valence-corrected chi connectivity index (χ0v) is 19.1. The normalized spacial score (nSPS) is 14.8. The van der Waals surface area contributed by atoms with Gasteiger partial charge in [0.25, 0.3) is 5.95 Å². The molecule has 34 heavy (non-hydrogen) atoms. The van der Waals surface area contributed by atoms with Crippen molar-refractivity contribution in [2.45, 2.75) is 6.04 Å². The number of carbonyl (C=O) groups excluding carboxylic acids is 1. The van der Waals surface area contributed by atoms with Gasteiger partial charge in [-0.15, -0.1) is 0 Å². The fraction of sp³-hybridized carbons (Fsp3) is 0.120. The van der Waals surface area contributed by atoms with E-state index in [0.29, 0.717) is 22.4 Å². The smallest absolute Gasteiger partial charge is 0.251 e. The molecule has 1 aliphatic rings. The molecule has 1 atom stereocenters. The Hall–Kier alpha value is -4.17. The molecule has 0 aliphatic carbocycles. The standard InChI is InChI=1S/C25H21ClN6O2/c1-34-21-9-5-8-20(14-21)27-24(33)16-31-22(17-6-3-2-4-7-17)15-23(32-25(31)28-29-30-32)18-10-12-19(26)13-11-18/h2-15,23H,16H2,1H3,(H,27,33)/t23-/m0/s1. The Balaban J connectivity index is 1.51. The van der Waals surface area contributed by atoms with Crippen LogP contribution in [0.25, 0.3) is 5.70 Å². The number of hydrogen-bond donors (Lipinski definition) is 1. The molecule has 8 nitrogen and oxygen atoms in total.